The number of nitrogen functional groups attached to an aromatic ring is 1. The molecule has 0 saturated carbocycles. The van der Waals surface area contributed by atoms with E-state index in [9.17, 15) is 5.11 Å². The molecule has 0 aliphatic rings. The first-order chi connectivity index (χ1) is 13.5. The summed E-state index contributed by atoms with van der Waals surface area (Å²) in [4.78, 5) is 15.8. The second-order valence-corrected chi connectivity index (χ2v) is 7.71. The molecule has 10 heteroatoms. The van der Waals surface area contributed by atoms with Crippen molar-refractivity contribution in [2.45, 2.75) is 16.6 Å². The van der Waals surface area contributed by atoms with Crippen molar-refractivity contribution in [1.82, 2.24) is 24.4 Å². The van der Waals surface area contributed by atoms with Crippen LogP contribution >= 0.6 is 35.0 Å². The van der Waals surface area contributed by atoms with Crippen LogP contribution in [0.5, 0.6) is 0 Å². The molecular weight excluding hydrogens is 419 g/mol. The molecule has 0 aliphatic carbocycles. The lowest BCUT2D eigenvalue weighted by Gasteiger charge is -2.19. The summed E-state index contributed by atoms with van der Waals surface area (Å²) in [5, 5.41) is 11.0. The highest BCUT2D eigenvalue weighted by molar-refractivity contribution is 7.99. The van der Waals surface area contributed by atoms with Gasteiger partial charge in [-0.15, -0.1) is 6.42 Å². The highest BCUT2D eigenvalue weighted by Gasteiger charge is 2.18. The highest BCUT2D eigenvalue weighted by atomic mass is 35.5. The van der Waals surface area contributed by atoms with Gasteiger partial charge in [0, 0.05) is 29.6 Å². The summed E-state index contributed by atoms with van der Waals surface area (Å²) in [6.07, 6.45) is 6.83. The van der Waals surface area contributed by atoms with Gasteiger partial charge in [0.1, 0.15) is 6.33 Å². The lowest BCUT2D eigenvalue weighted by molar-refractivity contribution is 0.205. The lowest BCUT2D eigenvalue weighted by atomic mass is 10.4. The molecule has 3 N–H and O–H groups in total. The average molecular weight is 437 g/mol. The summed E-state index contributed by atoms with van der Waals surface area (Å²) in [5.41, 5.74) is 7.14. The maximum absolute atomic E-state index is 9.23. The molecular formula is C18H18Cl2N6OS. The Morgan fingerprint density at radius 3 is 2.82 bits per heavy atom. The van der Waals surface area contributed by atoms with Gasteiger partial charge in [0.05, 0.1) is 18.2 Å². The fourth-order valence-corrected chi connectivity index (χ4v) is 4.09. The molecule has 0 saturated heterocycles. The third-order valence-electron chi connectivity index (χ3n) is 3.99. The molecule has 7 nitrogen and oxygen atoms in total. The first kappa shape index (κ1) is 20.7. The molecule has 3 rings (SSSR count). The van der Waals surface area contributed by atoms with Crippen LogP contribution < -0.4 is 5.73 Å². The van der Waals surface area contributed by atoms with Gasteiger partial charge in [0.2, 0.25) is 0 Å². The number of imidazole rings is 1. The summed E-state index contributed by atoms with van der Waals surface area (Å²) in [5.74, 6) is 2.91. The minimum Gasteiger partial charge on any atom is -0.395 e. The molecule has 0 unspecified atom stereocenters. The van der Waals surface area contributed by atoms with Crippen LogP contribution in [0.25, 0.3) is 11.2 Å². The summed E-state index contributed by atoms with van der Waals surface area (Å²) in [6.45, 7) is 2.13. The van der Waals surface area contributed by atoms with Crippen molar-refractivity contribution < 1.29 is 5.11 Å². The number of hydrogen-bond acceptors (Lipinski definition) is 7. The molecule has 2 aromatic heterocycles. The molecule has 1 aromatic carbocycles. The van der Waals surface area contributed by atoms with Crippen molar-refractivity contribution in [2.75, 3.05) is 32.0 Å². The molecule has 0 spiro atoms. The van der Waals surface area contributed by atoms with E-state index in [2.05, 4.69) is 20.9 Å². The van der Waals surface area contributed by atoms with E-state index in [4.69, 9.17) is 35.4 Å². The maximum Gasteiger partial charge on any atom is 0.175 e. The van der Waals surface area contributed by atoms with Crippen LogP contribution in [0.3, 0.4) is 0 Å². The lowest BCUT2D eigenvalue weighted by Crippen LogP contribution is -2.31. The van der Waals surface area contributed by atoms with E-state index >= 15 is 0 Å². The van der Waals surface area contributed by atoms with Gasteiger partial charge >= 0.3 is 0 Å². The normalized spacial score (nSPS) is 11.2. The minimum absolute atomic E-state index is 0.0312. The Hall–Kier alpha value is -2.02. The van der Waals surface area contributed by atoms with E-state index < -0.39 is 0 Å². The van der Waals surface area contributed by atoms with Crippen LogP contribution in [0.4, 0.5) is 5.82 Å². The Labute approximate surface area is 176 Å². The van der Waals surface area contributed by atoms with Gasteiger partial charge in [0.25, 0.3) is 0 Å². The molecule has 0 bridgehead atoms. The fourth-order valence-electron chi connectivity index (χ4n) is 2.65. The number of rotatable bonds is 8. The number of terminal acetylenes is 1. The minimum atomic E-state index is 0.0312. The zero-order valence-corrected chi connectivity index (χ0v) is 17.2. The van der Waals surface area contributed by atoms with E-state index in [1.54, 1.807) is 12.1 Å². The third kappa shape index (κ3) is 4.69. The van der Waals surface area contributed by atoms with Crippen LogP contribution in [0.1, 0.15) is 0 Å². The number of nitrogens with zero attached hydrogens (tertiary/aromatic N) is 5. The molecule has 3 aromatic rings. The van der Waals surface area contributed by atoms with Gasteiger partial charge in [-0.3, -0.25) is 4.90 Å². The molecule has 28 heavy (non-hydrogen) atoms. The zero-order chi connectivity index (χ0) is 20.1. The van der Waals surface area contributed by atoms with Crippen molar-refractivity contribution in [2.24, 2.45) is 0 Å². The standard InChI is InChI=1S/C18H18Cl2N6OS/c1-2-5-25(8-9-27)6-7-26-17-15(16(21)22-11-23-17)24-18(26)28-14-4-3-12(19)10-13(14)20/h1,3-4,10-11,27H,5-9H2,(H2,21,22,23). The number of halogens is 2. The topological polar surface area (TPSA) is 93.1 Å². The zero-order valence-electron chi connectivity index (χ0n) is 14.8. The molecule has 2 heterocycles. The quantitative estimate of drug-likeness (QED) is 0.524. The van der Waals surface area contributed by atoms with Crippen LogP contribution in [0.15, 0.2) is 34.6 Å². The average Bonchev–Trinajstić information content (AvgIpc) is 3.01. The SMILES string of the molecule is C#CCN(CCO)CCn1c(Sc2ccc(Cl)cc2Cl)nc2c(N)ncnc21. The van der Waals surface area contributed by atoms with E-state index in [1.165, 1.54) is 18.1 Å². The molecule has 146 valence electrons. The van der Waals surface area contributed by atoms with Gasteiger partial charge in [-0.05, 0) is 18.2 Å². The Morgan fingerprint density at radius 2 is 2.11 bits per heavy atom. The summed E-state index contributed by atoms with van der Waals surface area (Å²) in [7, 11) is 0. The summed E-state index contributed by atoms with van der Waals surface area (Å²) >= 11 is 13.7. The number of hydrogen-bond donors (Lipinski definition) is 2. The number of aliphatic hydroxyl groups is 1. The smallest absolute Gasteiger partial charge is 0.175 e. The fraction of sp³-hybridized carbons (Fsp3) is 0.278. The van der Waals surface area contributed by atoms with Crippen molar-refractivity contribution >= 4 is 51.9 Å². The molecule has 0 radical (unpaired) electrons. The first-order valence-electron chi connectivity index (χ1n) is 8.39. The van der Waals surface area contributed by atoms with Crippen molar-refractivity contribution in [3.8, 4) is 12.3 Å². The third-order valence-corrected chi connectivity index (χ3v) is 5.72. The molecule has 0 amide bonds. The van der Waals surface area contributed by atoms with Crippen molar-refractivity contribution in [3.05, 3.63) is 34.6 Å². The van der Waals surface area contributed by atoms with Crippen molar-refractivity contribution in [1.29, 1.82) is 0 Å². The first-order valence-corrected chi connectivity index (χ1v) is 9.97. The van der Waals surface area contributed by atoms with Crippen LogP contribution in [-0.4, -0.2) is 55.8 Å². The number of anilines is 1. The highest BCUT2D eigenvalue weighted by Crippen LogP contribution is 2.36. The maximum atomic E-state index is 9.23. The Kier molecular flexibility index (Phi) is 6.99. The predicted molar refractivity (Wildman–Crippen MR) is 113 cm³/mol. The Bertz CT molecular complexity index is 1020. The largest absolute Gasteiger partial charge is 0.395 e. The Balaban J connectivity index is 1.96. The number of fused-ring (bicyclic) bond motifs is 1. The second-order valence-electron chi connectivity index (χ2n) is 5.86. The predicted octanol–water partition coefficient (Wildman–Crippen LogP) is 2.79. The molecule has 0 fully saturated rings. The van der Waals surface area contributed by atoms with Gasteiger partial charge in [-0.2, -0.15) is 0 Å². The van der Waals surface area contributed by atoms with Gasteiger partial charge in [-0.1, -0.05) is 40.9 Å². The van der Waals surface area contributed by atoms with Gasteiger partial charge in [-0.25, -0.2) is 15.0 Å². The van der Waals surface area contributed by atoms with Gasteiger partial charge in [0.15, 0.2) is 22.1 Å². The second kappa shape index (κ2) is 9.45. The van der Waals surface area contributed by atoms with E-state index in [0.29, 0.717) is 58.4 Å². The van der Waals surface area contributed by atoms with Crippen LogP contribution in [0.2, 0.25) is 10.0 Å². The number of benzene rings is 1. The van der Waals surface area contributed by atoms with E-state index in [1.807, 2.05) is 15.5 Å². The van der Waals surface area contributed by atoms with Crippen LogP contribution in [-0.2, 0) is 6.54 Å². The number of aliphatic hydroxyl groups excluding tert-OH is 1. The Morgan fingerprint density at radius 1 is 1.29 bits per heavy atom. The van der Waals surface area contributed by atoms with Crippen LogP contribution in [0, 0.1) is 12.3 Å². The summed E-state index contributed by atoms with van der Waals surface area (Å²) < 4.78 is 1.95. The monoisotopic (exact) mass is 436 g/mol. The van der Waals surface area contributed by atoms with Crippen molar-refractivity contribution in [3.63, 3.8) is 0 Å². The molecule has 0 atom stereocenters. The number of aromatic nitrogens is 4. The van der Waals surface area contributed by atoms with Gasteiger partial charge < -0.3 is 15.4 Å². The summed E-state index contributed by atoms with van der Waals surface area (Å²) in [6, 6.07) is 5.29. The molecule has 0 aliphatic heterocycles. The number of nitrogens with two attached hydrogens (primary N) is 1. The van der Waals surface area contributed by atoms with E-state index in [0.717, 1.165) is 4.90 Å². The van der Waals surface area contributed by atoms with E-state index in [-0.39, 0.29) is 6.61 Å².